The van der Waals surface area contributed by atoms with Crippen LogP contribution in [0.2, 0.25) is 10.0 Å². The molecule has 0 fully saturated rings. The molecule has 0 aliphatic heterocycles. The van der Waals surface area contributed by atoms with E-state index < -0.39 is 12.0 Å². The summed E-state index contributed by atoms with van der Waals surface area (Å²) in [4.78, 5) is 24.5. The van der Waals surface area contributed by atoms with Gasteiger partial charge in [-0.15, -0.1) is 11.3 Å². The second-order valence-electron chi connectivity index (χ2n) is 5.23. The first-order valence-electron chi connectivity index (χ1n) is 7.39. The van der Waals surface area contributed by atoms with Crippen LogP contribution in [0.3, 0.4) is 0 Å². The maximum Gasteiger partial charge on any atom is 0.348 e. The van der Waals surface area contributed by atoms with Crippen molar-refractivity contribution in [2.24, 2.45) is 0 Å². The minimum Gasteiger partial charge on any atom is -0.477 e. The molecule has 0 atom stereocenters. The first kappa shape index (κ1) is 18.3. The fourth-order valence-electron chi connectivity index (χ4n) is 2.25. The van der Waals surface area contributed by atoms with Gasteiger partial charge in [-0.05, 0) is 29.8 Å². The number of halogens is 2. The van der Waals surface area contributed by atoms with Gasteiger partial charge in [-0.1, -0.05) is 53.5 Å². The zero-order valence-electron chi connectivity index (χ0n) is 13.1. The number of hydrogen-bond donors (Lipinski definition) is 3. The minimum atomic E-state index is -1.11. The average molecular weight is 407 g/mol. The molecule has 0 aliphatic carbocycles. The van der Waals surface area contributed by atoms with Crippen LogP contribution in [-0.4, -0.2) is 17.1 Å². The normalized spacial score (nSPS) is 10.4. The summed E-state index contributed by atoms with van der Waals surface area (Å²) in [5.41, 5.74) is 1.53. The molecule has 0 spiro atoms. The van der Waals surface area contributed by atoms with E-state index in [2.05, 4.69) is 10.6 Å². The van der Waals surface area contributed by atoms with E-state index in [0.29, 0.717) is 15.7 Å². The molecule has 132 valence electrons. The van der Waals surface area contributed by atoms with Crippen LogP contribution < -0.4 is 10.6 Å². The van der Waals surface area contributed by atoms with E-state index in [1.54, 1.807) is 18.2 Å². The van der Waals surface area contributed by atoms with E-state index in [1.807, 2.05) is 30.3 Å². The summed E-state index contributed by atoms with van der Waals surface area (Å²) in [6.45, 7) is 0. The Morgan fingerprint density at radius 2 is 1.65 bits per heavy atom. The summed E-state index contributed by atoms with van der Waals surface area (Å²) in [5, 5.41) is 15.2. The lowest BCUT2D eigenvalue weighted by Crippen LogP contribution is -2.20. The molecule has 0 saturated carbocycles. The van der Waals surface area contributed by atoms with E-state index in [1.165, 1.54) is 6.07 Å². The topological polar surface area (TPSA) is 78.4 Å². The number of carbonyl (C=O) groups is 2. The van der Waals surface area contributed by atoms with Gasteiger partial charge in [-0.25, -0.2) is 9.59 Å². The number of carboxylic acids is 1. The Morgan fingerprint density at radius 1 is 0.923 bits per heavy atom. The Labute approximate surface area is 163 Å². The number of urea groups is 1. The van der Waals surface area contributed by atoms with Crippen LogP contribution in [0, 0.1) is 0 Å². The van der Waals surface area contributed by atoms with Gasteiger partial charge in [0.25, 0.3) is 0 Å². The van der Waals surface area contributed by atoms with Crippen molar-refractivity contribution in [3.8, 4) is 10.4 Å². The third-order valence-corrected chi connectivity index (χ3v) is 5.32. The number of anilines is 2. The minimum absolute atomic E-state index is 0.0492. The lowest BCUT2D eigenvalue weighted by atomic mass is 10.2. The molecule has 5 nitrogen and oxygen atoms in total. The SMILES string of the molecule is O=C(Nc1ccc(Cl)c(Cl)c1)Nc1cc(-c2ccccc2)sc1C(=O)O. The number of amides is 2. The van der Waals surface area contributed by atoms with Gasteiger partial charge in [0, 0.05) is 10.6 Å². The van der Waals surface area contributed by atoms with Gasteiger partial charge in [0.05, 0.1) is 15.7 Å². The number of thiophene rings is 1. The van der Waals surface area contributed by atoms with Gasteiger partial charge in [0.2, 0.25) is 0 Å². The van der Waals surface area contributed by atoms with Gasteiger partial charge in [-0.2, -0.15) is 0 Å². The molecule has 3 rings (SSSR count). The summed E-state index contributed by atoms with van der Waals surface area (Å²) in [6.07, 6.45) is 0. The third-order valence-electron chi connectivity index (χ3n) is 3.41. The van der Waals surface area contributed by atoms with E-state index in [-0.39, 0.29) is 10.6 Å². The quantitative estimate of drug-likeness (QED) is 0.492. The molecule has 3 aromatic rings. The number of hydrogen-bond acceptors (Lipinski definition) is 3. The zero-order chi connectivity index (χ0) is 18.7. The van der Waals surface area contributed by atoms with E-state index in [0.717, 1.165) is 21.8 Å². The Bertz CT molecular complexity index is 974. The zero-order valence-corrected chi connectivity index (χ0v) is 15.5. The van der Waals surface area contributed by atoms with Crippen LogP contribution in [0.15, 0.2) is 54.6 Å². The number of rotatable bonds is 4. The third kappa shape index (κ3) is 4.16. The van der Waals surface area contributed by atoms with Gasteiger partial charge < -0.3 is 15.7 Å². The molecule has 2 amide bonds. The molecule has 2 aromatic carbocycles. The van der Waals surface area contributed by atoms with E-state index in [9.17, 15) is 14.7 Å². The molecule has 26 heavy (non-hydrogen) atoms. The molecule has 0 unspecified atom stereocenters. The Hall–Kier alpha value is -2.54. The van der Waals surface area contributed by atoms with Crippen LogP contribution in [0.25, 0.3) is 10.4 Å². The van der Waals surface area contributed by atoms with Crippen molar-refractivity contribution < 1.29 is 14.7 Å². The summed E-state index contributed by atoms with van der Waals surface area (Å²) >= 11 is 12.8. The second-order valence-corrected chi connectivity index (χ2v) is 7.10. The number of carboxylic acid groups (broad SMARTS) is 1. The maximum absolute atomic E-state index is 12.2. The van der Waals surface area contributed by atoms with Gasteiger partial charge in [0.1, 0.15) is 4.88 Å². The highest BCUT2D eigenvalue weighted by atomic mass is 35.5. The summed E-state index contributed by atoms with van der Waals surface area (Å²) in [5.74, 6) is -1.11. The van der Waals surface area contributed by atoms with Gasteiger partial charge in [-0.3, -0.25) is 0 Å². The van der Waals surface area contributed by atoms with Crippen molar-refractivity contribution in [2.45, 2.75) is 0 Å². The molecule has 0 bridgehead atoms. The molecule has 0 saturated heterocycles. The standard InChI is InChI=1S/C18H12Cl2N2O3S/c19-12-7-6-11(8-13(12)20)21-18(25)22-14-9-15(26-16(14)17(23)24)10-4-2-1-3-5-10/h1-9H,(H,23,24)(H2,21,22,25). The Balaban J connectivity index is 1.82. The van der Waals surface area contributed by atoms with Gasteiger partial charge in [0.15, 0.2) is 0 Å². The lowest BCUT2D eigenvalue weighted by Gasteiger charge is -2.08. The van der Waals surface area contributed by atoms with Crippen LogP contribution in [0.1, 0.15) is 9.67 Å². The first-order valence-corrected chi connectivity index (χ1v) is 8.97. The molecule has 0 aliphatic rings. The molecule has 0 radical (unpaired) electrons. The van der Waals surface area contributed by atoms with E-state index >= 15 is 0 Å². The second kappa shape index (κ2) is 7.78. The Morgan fingerprint density at radius 3 is 2.31 bits per heavy atom. The van der Waals surface area contributed by atoms with Crippen molar-refractivity contribution in [3.05, 3.63) is 69.5 Å². The highest BCUT2D eigenvalue weighted by Crippen LogP contribution is 2.35. The lowest BCUT2D eigenvalue weighted by molar-refractivity contribution is 0.0703. The molecule has 1 heterocycles. The van der Waals surface area contributed by atoms with Crippen LogP contribution >= 0.6 is 34.5 Å². The van der Waals surface area contributed by atoms with Crippen LogP contribution in [0.5, 0.6) is 0 Å². The van der Waals surface area contributed by atoms with Crippen molar-refractivity contribution in [1.29, 1.82) is 0 Å². The van der Waals surface area contributed by atoms with Crippen molar-refractivity contribution >= 4 is 57.9 Å². The van der Waals surface area contributed by atoms with Crippen molar-refractivity contribution in [1.82, 2.24) is 0 Å². The highest BCUT2D eigenvalue weighted by Gasteiger charge is 2.18. The monoisotopic (exact) mass is 406 g/mol. The van der Waals surface area contributed by atoms with Crippen LogP contribution in [0.4, 0.5) is 16.2 Å². The first-order chi connectivity index (χ1) is 12.4. The molecular weight excluding hydrogens is 395 g/mol. The smallest absolute Gasteiger partial charge is 0.348 e. The Kier molecular flexibility index (Phi) is 5.46. The molecule has 8 heteroatoms. The molecule has 3 N–H and O–H groups in total. The fraction of sp³-hybridized carbons (Fsp3) is 0. The average Bonchev–Trinajstić information content (AvgIpc) is 3.03. The summed E-state index contributed by atoms with van der Waals surface area (Å²) < 4.78 is 0. The summed E-state index contributed by atoms with van der Waals surface area (Å²) in [6, 6.07) is 15.0. The number of aromatic carboxylic acids is 1. The predicted octanol–water partition coefficient (Wildman–Crippen LogP) is 6.06. The van der Waals surface area contributed by atoms with Gasteiger partial charge >= 0.3 is 12.0 Å². The largest absolute Gasteiger partial charge is 0.477 e. The fourth-order valence-corrected chi connectivity index (χ4v) is 3.50. The predicted molar refractivity (Wildman–Crippen MR) is 106 cm³/mol. The van der Waals surface area contributed by atoms with Crippen molar-refractivity contribution in [3.63, 3.8) is 0 Å². The molecular formula is C18H12Cl2N2O3S. The number of nitrogens with one attached hydrogen (secondary N) is 2. The highest BCUT2D eigenvalue weighted by molar-refractivity contribution is 7.18. The molecule has 1 aromatic heterocycles. The maximum atomic E-state index is 12.2. The number of carbonyl (C=O) groups excluding carboxylic acids is 1. The van der Waals surface area contributed by atoms with Crippen molar-refractivity contribution in [2.75, 3.05) is 10.6 Å². The summed E-state index contributed by atoms with van der Waals surface area (Å²) in [7, 11) is 0. The van der Waals surface area contributed by atoms with Crippen LogP contribution in [-0.2, 0) is 0 Å². The van der Waals surface area contributed by atoms with E-state index in [4.69, 9.17) is 23.2 Å². The number of benzene rings is 2.